The molecule has 108 valence electrons. The van der Waals surface area contributed by atoms with Gasteiger partial charge >= 0.3 is 0 Å². The Labute approximate surface area is 128 Å². The number of benzene rings is 1. The number of nitrogens with zero attached hydrogens (tertiary/aromatic N) is 2. The minimum absolute atomic E-state index is 0.0856. The van der Waals surface area contributed by atoms with E-state index in [0.717, 1.165) is 4.88 Å². The van der Waals surface area contributed by atoms with Crippen molar-refractivity contribution in [2.45, 2.75) is 6.54 Å². The molecule has 2 rings (SSSR count). The molecule has 0 saturated heterocycles. The molecule has 1 amide bonds. The summed E-state index contributed by atoms with van der Waals surface area (Å²) in [6.45, 7) is 1.55. The Morgan fingerprint density at radius 1 is 1.38 bits per heavy atom. The third kappa shape index (κ3) is 4.15. The average Bonchev–Trinajstić information content (AvgIpc) is 3.03. The zero-order chi connectivity index (χ0) is 15.1. The van der Waals surface area contributed by atoms with Crippen LogP contribution in [0.3, 0.4) is 0 Å². The second-order valence-electron chi connectivity index (χ2n) is 4.49. The Bertz CT molecular complexity index is 632. The first-order valence-electron chi connectivity index (χ1n) is 6.55. The van der Waals surface area contributed by atoms with Gasteiger partial charge in [-0.25, -0.2) is 0 Å². The minimum Gasteiger partial charge on any atom is -0.383 e. The topological polar surface area (TPSA) is 53.3 Å². The molecule has 0 aliphatic rings. The maximum atomic E-state index is 12.6. The first kappa shape index (κ1) is 15.2. The van der Waals surface area contributed by atoms with Crippen molar-refractivity contribution in [1.82, 2.24) is 4.90 Å². The fourth-order valence-corrected chi connectivity index (χ4v) is 2.67. The predicted octanol–water partition coefficient (Wildman–Crippen LogP) is 2.91. The summed E-state index contributed by atoms with van der Waals surface area (Å²) in [4.78, 5) is 15.5. The number of rotatable bonds is 6. The molecule has 0 fully saturated rings. The lowest BCUT2D eigenvalue weighted by molar-refractivity contribution is 0.0682. The van der Waals surface area contributed by atoms with Crippen molar-refractivity contribution >= 4 is 17.2 Å². The normalized spacial score (nSPS) is 10.1. The first-order chi connectivity index (χ1) is 10.2. The molecule has 0 bridgehead atoms. The third-order valence-corrected chi connectivity index (χ3v) is 3.88. The number of thiophene rings is 1. The molecule has 0 aliphatic heterocycles. The quantitative estimate of drug-likeness (QED) is 0.824. The summed E-state index contributed by atoms with van der Waals surface area (Å²) in [5.41, 5.74) is 1.02. The van der Waals surface area contributed by atoms with Crippen LogP contribution in [0.25, 0.3) is 0 Å². The highest BCUT2D eigenvalue weighted by atomic mass is 32.1. The molecule has 0 atom stereocenters. The predicted molar refractivity (Wildman–Crippen MR) is 82.1 cm³/mol. The van der Waals surface area contributed by atoms with E-state index in [4.69, 9.17) is 10.00 Å². The number of carbonyl (C=O) groups is 1. The number of nitriles is 1. The SMILES string of the molecule is COCCN(Cc1cccs1)C(=O)c1cccc(C#N)c1. The molecule has 0 saturated carbocycles. The van der Waals surface area contributed by atoms with Crippen molar-refractivity contribution < 1.29 is 9.53 Å². The van der Waals surface area contributed by atoms with Gasteiger partial charge in [0.2, 0.25) is 0 Å². The fourth-order valence-electron chi connectivity index (χ4n) is 1.95. The number of methoxy groups -OCH3 is 1. The highest BCUT2D eigenvalue weighted by molar-refractivity contribution is 7.09. The summed E-state index contributed by atoms with van der Waals surface area (Å²) >= 11 is 1.62. The number of hydrogen-bond donors (Lipinski definition) is 0. The van der Waals surface area contributed by atoms with E-state index >= 15 is 0 Å². The van der Waals surface area contributed by atoms with Crippen molar-refractivity contribution in [3.63, 3.8) is 0 Å². The van der Waals surface area contributed by atoms with E-state index in [1.807, 2.05) is 17.5 Å². The van der Waals surface area contributed by atoms with Crippen LogP contribution in [0.1, 0.15) is 20.8 Å². The van der Waals surface area contributed by atoms with Gasteiger partial charge in [0.05, 0.1) is 24.8 Å². The van der Waals surface area contributed by atoms with Gasteiger partial charge in [-0.3, -0.25) is 4.79 Å². The van der Waals surface area contributed by atoms with Gasteiger partial charge in [-0.1, -0.05) is 12.1 Å². The molecular formula is C16H16N2O2S. The van der Waals surface area contributed by atoms with Gasteiger partial charge < -0.3 is 9.64 Å². The van der Waals surface area contributed by atoms with Crippen LogP contribution >= 0.6 is 11.3 Å². The van der Waals surface area contributed by atoms with Crippen molar-refractivity contribution in [3.05, 3.63) is 57.8 Å². The van der Waals surface area contributed by atoms with Crippen LogP contribution in [0.4, 0.5) is 0 Å². The van der Waals surface area contributed by atoms with E-state index in [1.165, 1.54) is 0 Å². The summed E-state index contributed by atoms with van der Waals surface area (Å²) in [7, 11) is 1.62. The molecule has 5 heteroatoms. The van der Waals surface area contributed by atoms with Crippen molar-refractivity contribution in [2.24, 2.45) is 0 Å². The van der Waals surface area contributed by atoms with Gasteiger partial charge in [0, 0.05) is 24.1 Å². The van der Waals surface area contributed by atoms with Crippen LogP contribution < -0.4 is 0 Å². The van der Waals surface area contributed by atoms with E-state index in [9.17, 15) is 4.79 Å². The van der Waals surface area contributed by atoms with Gasteiger partial charge in [0.1, 0.15) is 0 Å². The van der Waals surface area contributed by atoms with Crippen LogP contribution in [0.2, 0.25) is 0 Å². The average molecular weight is 300 g/mol. The van der Waals surface area contributed by atoms with E-state index in [1.54, 1.807) is 47.6 Å². The zero-order valence-electron chi connectivity index (χ0n) is 11.8. The molecule has 2 aromatic rings. The lowest BCUT2D eigenvalue weighted by Crippen LogP contribution is -2.33. The molecule has 1 heterocycles. The Morgan fingerprint density at radius 2 is 2.24 bits per heavy atom. The summed E-state index contributed by atoms with van der Waals surface area (Å²) in [6, 6.07) is 12.8. The molecule has 0 N–H and O–H groups in total. The highest BCUT2D eigenvalue weighted by Gasteiger charge is 2.16. The molecule has 21 heavy (non-hydrogen) atoms. The second-order valence-corrected chi connectivity index (χ2v) is 5.52. The molecule has 1 aromatic heterocycles. The smallest absolute Gasteiger partial charge is 0.254 e. The van der Waals surface area contributed by atoms with Gasteiger partial charge in [0.15, 0.2) is 0 Å². The van der Waals surface area contributed by atoms with Gasteiger partial charge in [0.25, 0.3) is 5.91 Å². The molecule has 1 aromatic carbocycles. The van der Waals surface area contributed by atoms with Gasteiger partial charge in [-0.05, 0) is 29.6 Å². The van der Waals surface area contributed by atoms with Crippen LogP contribution in [-0.4, -0.2) is 31.1 Å². The minimum atomic E-state index is -0.0856. The lowest BCUT2D eigenvalue weighted by Gasteiger charge is -2.22. The first-order valence-corrected chi connectivity index (χ1v) is 7.43. The molecule has 0 unspecified atom stereocenters. The molecular weight excluding hydrogens is 284 g/mol. The highest BCUT2D eigenvalue weighted by Crippen LogP contribution is 2.15. The lowest BCUT2D eigenvalue weighted by atomic mass is 10.1. The van der Waals surface area contributed by atoms with Crippen LogP contribution in [0, 0.1) is 11.3 Å². The molecule has 4 nitrogen and oxygen atoms in total. The largest absolute Gasteiger partial charge is 0.383 e. The Kier molecular flexibility index (Phi) is 5.50. The summed E-state index contributed by atoms with van der Waals surface area (Å²) in [5, 5.41) is 10.9. The van der Waals surface area contributed by atoms with Gasteiger partial charge in [-0.2, -0.15) is 5.26 Å². The van der Waals surface area contributed by atoms with E-state index < -0.39 is 0 Å². The Morgan fingerprint density at radius 3 is 2.90 bits per heavy atom. The maximum Gasteiger partial charge on any atom is 0.254 e. The van der Waals surface area contributed by atoms with Crippen molar-refractivity contribution in [1.29, 1.82) is 5.26 Å². The Hall–Kier alpha value is -2.16. The zero-order valence-corrected chi connectivity index (χ0v) is 12.6. The summed E-state index contributed by atoms with van der Waals surface area (Å²) in [5.74, 6) is -0.0856. The van der Waals surface area contributed by atoms with Crippen LogP contribution in [0.15, 0.2) is 41.8 Å². The summed E-state index contributed by atoms with van der Waals surface area (Å²) in [6.07, 6.45) is 0. The summed E-state index contributed by atoms with van der Waals surface area (Å²) < 4.78 is 5.08. The molecule has 0 spiro atoms. The van der Waals surface area contributed by atoms with Crippen LogP contribution in [-0.2, 0) is 11.3 Å². The number of carbonyl (C=O) groups excluding carboxylic acids is 1. The monoisotopic (exact) mass is 300 g/mol. The van der Waals surface area contributed by atoms with Gasteiger partial charge in [-0.15, -0.1) is 11.3 Å². The fraction of sp³-hybridized carbons (Fsp3) is 0.250. The third-order valence-electron chi connectivity index (χ3n) is 3.02. The standard InChI is InChI=1S/C16H16N2O2S/c1-20-8-7-18(12-15-6-3-9-21-15)16(19)14-5-2-4-13(10-14)11-17/h2-6,9-10H,7-8,12H2,1H3. The maximum absolute atomic E-state index is 12.6. The second kappa shape index (κ2) is 7.58. The number of hydrogen-bond acceptors (Lipinski definition) is 4. The van der Waals surface area contributed by atoms with Crippen molar-refractivity contribution in [2.75, 3.05) is 20.3 Å². The molecule has 0 aliphatic carbocycles. The number of ether oxygens (including phenoxy) is 1. The van der Waals surface area contributed by atoms with E-state index in [0.29, 0.717) is 30.8 Å². The van der Waals surface area contributed by atoms with Crippen LogP contribution in [0.5, 0.6) is 0 Å². The van der Waals surface area contributed by atoms with E-state index in [-0.39, 0.29) is 5.91 Å². The molecule has 0 radical (unpaired) electrons. The van der Waals surface area contributed by atoms with E-state index in [2.05, 4.69) is 6.07 Å². The number of amides is 1. The Balaban J connectivity index is 2.18. The van der Waals surface area contributed by atoms with Crippen molar-refractivity contribution in [3.8, 4) is 6.07 Å².